The van der Waals surface area contributed by atoms with Gasteiger partial charge in [0, 0.05) is 30.8 Å². The Morgan fingerprint density at radius 2 is 1.88 bits per heavy atom. The van der Waals surface area contributed by atoms with Gasteiger partial charge in [0.15, 0.2) is 11.5 Å². The second-order valence-corrected chi connectivity index (χ2v) is 9.95. The molecule has 2 aromatic carbocycles. The molecule has 2 aliphatic rings. The number of nitrogens with zero attached hydrogens (tertiary/aromatic N) is 3. The van der Waals surface area contributed by atoms with Crippen molar-refractivity contribution in [1.29, 1.82) is 0 Å². The van der Waals surface area contributed by atoms with Crippen molar-refractivity contribution in [2.24, 2.45) is 0 Å². The third-order valence-electron chi connectivity index (χ3n) is 5.71. The van der Waals surface area contributed by atoms with Crippen LogP contribution in [-0.2, 0) is 14.8 Å². The van der Waals surface area contributed by atoms with Crippen LogP contribution >= 0.6 is 0 Å². The van der Waals surface area contributed by atoms with Crippen molar-refractivity contribution in [3.63, 3.8) is 0 Å². The Bertz CT molecular complexity index is 1320. The van der Waals surface area contributed by atoms with Crippen molar-refractivity contribution in [3.8, 4) is 22.9 Å². The summed E-state index contributed by atoms with van der Waals surface area (Å²) in [5.41, 5.74) is 1.27. The lowest BCUT2D eigenvalue weighted by molar-refractivity contribution is -0.114. The monoisotopic (exact) mass is 485 g/mol. The summed E-state index contributed by atoms with van der Waals surface area (Å²) < 4.78 is 44.7. The van der Waals surface area contributed by atoms with Crippen molar-refractivity contribution >= 4 is 21.6 Å². The lowest BCUT2D eigenvalue weighted by atomic mass is 10.1. The number of likely N-dealkylation sites (tertiary alicyclic amines) is 1. The second kappa shape index (κ2) is 8.70. The van der Waals surface area contributed by atoms with E-state index in [1.54, 1.807) is 24.3 Å². The molecule has 2 N–H and O–H groups in total. The first-order valence-electron chi connectivity index (χ1n) is 10.6. The van der Waals surface area contributed by atoms with Crippen molar-refractivity contribution < 1.29 is 27.2 Å². The SMILES string of the molecule is CC(=O)Nc1ccc(S(=O)(=O)N[C@@H]2C[C@@H](c3nc(-c4ccc5c(c4)OCO5)no3)N(C)C2)cc1. The Balaban J connectivity index is 1.27. The fourth-order valence-corrected chi connectivity index (χ4v) is 5.35. The first-order valence-corrected chi connectivity index (χ1v) is 12.1. The highest BCUT2D eigenvalue weighted by Gasteiger charge is 2.36. The number of aromatic nitrogens is 2. The molecule has 0 radical (unpaired) electrons. The van der Waals surface area contributed by atoms with E-state index in [9.17, 15) is 13.2 Å². The predicted molar refractivity (Wildman–Crippen MR) is 121 cm³/mol. The lowest BCUT2D eigenvalue weighted by Gasteiger charge is -2.14. The number of carbonyl (C=O) groups is 1. The minimum atomic E-state index is -3.74. The highest BCUT2D eigenvalue weighted by Crippen LogP contribution is 2.36. The van der Waals surface area contributed by atoms with Gasteiger partial charge in [0.1, 0.15) is 0 Å². The van der Waals surface area contributed by atoms with E-state index in [2.05, 4.69) is 20.2 Å². The summed E-state index contributed by atoms with van der Waals surface area (Å²) in [7, 11) is -1.86. The van der Waals surface area contributed by atoms with Crippen molar-refractivity contribution in [1.82, 2.24) is 19.8 Å². The van der Waals surface area contributed by atoms with Crippen molar-refractivity contribution in [2.45, 2.75) is 30.3 Å². The molecule has 34 heavy (non-hydrogen) atoms. The lowest BCUT2D eigenvalue weighted by Crippen LogP contribution is -2.36. The molecule has 2 atom stereocenters. The fourth-order valence-electron chi connectivity index (χ4n) is 4.11. The highest BCUT2D eigenvalue weighted by molar-refractivity contribution is 7.89. The van der Waals surface area contributed by atoms with E-state index in [1.165, 1.54) is 19.1 Å². The second-order valence-electron chi connectivity index (χ2n) is 8.24. The van der Waals surface area contributed by atoms with E-state index in [-0.39, 0.29) is 29.7 Å². The van der Waals surface area contributed by atoms with Crippen LogP contribution in [-0.4, -0.2) is 55.8 Å². The average Bonchev–Trinajstić information content (AvgIpc) is 3.52. The molecule has 1 fully saturated rings. The summed E-state index contributed by atoms with van der Waals surface area (Å²) in [6.07, 6.45) is 0.475. The number of likely N-dealkylation sites (N-methyl/N-ethyl adjacent to an activating group) is 1. The van der Waals surface area contributed by atoms with E-state index in [1.807, 2.05) is 18.0 Å². The van der Waals surface area contributed by atoms with Gasteiger partial charge in [0.2, 0.25) is 34.4 Å². The van der Waals surface area contributed by atoms with Crippen LogP contribution in [0.15, 0.2) is 51.9 Å². The molecule has 5 rings (SSSR count). The molecule has 0 bridgehead atoms. The maximum absolute atomic E-state index is 12.9. The van der Waals surface area contributed by atoms with Crippen LogP contribution in [0.2, 0.25) is 0 Å². The fraction of sp³-hybridized carbons (Fsp3) is 0.318. The zero-order chi connectivity index (χ0) is 23.9. The van der Waals surface area contributed by atoms with E-state index in [0.29, 0.717) is 41.9 Å². The number of carbonyl (C=O) groups excluding carboxylic acids is 1. The molecule has 0 unspecified atom stereocenters. The molecule has 1 saturated heterocycles. The maximum atomic E-state index is 12.9. The van der Waals surface area contributed by atoms with E-state index < -0.39 is 10.0 Å². The number of benzene rings is 2. The number of hydrogen-bond acceptors (Lipinski definition) is 9. The predicted octanol–water partition coefficient (Wildman–Crippen LogP) is 2.15. The van der Waals surface area contributed by atoms with Gasteiger partial charge in [-0.3, -0.25) is 9.69 Å². The zero-order valence-corrected chi connectivity index (χ0v) is 19.3. The number of fused-ring (bicyclic) bond motifs is 1. The molecule has 12 heteroatoms. The Morgan fingerprint density at radius 1 is 1.12 bits per heavy atom. The van der Waals surface area contributed by atoms with Gasteiger partial charge in [-0.05, 0) is 55.9 Å². The molecular weight excluding hydrogens is 462 g/mol. The molecule has 1 amide bonds. The van der Waals surface area contributed by atoms with Crippen LogP contribution in [0.3, 0.4) is 0 Å². The first kappa shape index (κ1) is 22.3. The van der Waals surface area contributed by atoms with Gasteiger partial charge < -0.3 is 19.3 Å². The summed E-state index contributed by atoms with van der Waals surface area (Å²) in [5, 5.41) is 6.70. The Hall–Kier alpha value is -3.48. The topological polar surface area (TPSA) is 136 Å². The Kier molecular flexibility index (Phi) is 5.71. The maximum Gasteiger partial charge on any atom is 0.244 e. The van der Waals surface area contributed by atoms with Gasteiger partial charge in [0.25, 0.3) is 0 Å². The van der Waals surface area contributed by atoms with Crippen LogP contribution in [0.4, 0.5) is 5.69 Å². The standard InChI is InChI=1S/C22H23N5O6S/c1-13(28)23-15-4-6-17(7-5-15)34(29,30)26-16-10-18(27(2)11-16)22-24-21(25-33-22)14-3-8-19-20(9-14)32-12-31-19/h3-9,16,18,26H,10-12H2,1-2H3,(H,23,28)/t16-,18+/m1/s1. The number of ether oxygens (including phenoxy) is 2. The molecule has 0 spiro atoms. The quantitative estimate of drug-likeness (QED) is 0.538. The third kappa shape index (κ3) is 4.47. The molecule has 0 aliphatic carbocycles. The molecule has 11 nitrogen and oxygen atoms in total. The van der Waals surface area contributed by atoms with Crippen LogP contribution in [0.1, 0.15) is 25.3 Å². The molecule has 178 valence electrons. The number of amides is 1. The number of sulfonamides is 1. The van der Waals surface area contributed by atoms with E-state index >= 15 is 0 Å². The van der Waals surface area contributed by atoms with Crippen molar-refractivity contribution in [2.75, 3.05) is 25.7 Å². The summed E-state index contributed by atoms with van der Waals surface area (Å²) in [5.74, 6) is 1.90. The largest absolute Gasteiger partial charge is 0.454 e. The van der Waals surface area contributed by atoms with Gasteiger partial charge in [-0.1, -0.05) is 5.16 Å². The number of hydrogen-bond donors (Lipinski definition) is 2. The van der Waals surface area contributed by atoms with Crippen LogP contribution in [0, 0.1) is 0 Å². The van der Waals surface area contributed by atoms with Crippen LogP contribution in [0.5, 0.6) is 11.5 Å². The Morgan fingerprint density at radius 3 is 2.65 bits per heavy atom. The van der Waals surface area contributed by atoms with E-state index in [4.69, 9.17) is 14.0 Å². The molecule has 2 aliphatic heterocycles. The average molecular weight is 486 g/mol. The molecule has 3 aromatic rings. The summed E-state index contributed by atoms with van der Waals surface area (Å²) in [4.78, 5) is 17.8. The molecule has 3 heterocycles. The molecule has 1 aromatic heterocycles. The highest BCUT2D eigenvalue weighted by atomic mass is 32.2. The molecular formula is C22H23N5O6S. The van der Waals surface area contributed by atoms with E-state index in [0.717, 1.165) is 5.56 Å². The van der Waals surface area contributed by atoms with Gasteiger partial charge >= 0.3 is 0 Å². The normalized spacial score (nSPS) is 19.9. The minimum Gasteiger partial charge on any atom is -0.454 e. The number of rotatable bonds is 6. The van der Waals surface area contributed by atoms with Gasteiger partial charge in [0.05, 0.1) is 10.9 Å². The van der Waals surface area contributed by atoms with Gasteiger partial charge in [-0.15, -0.1) is 0 Å². The first-order chi connectivity index (χ1) is 16.3. The van der Waals surface area contributed by atoms with Gasteiger partial charge in [-0.25, -0.2) is 13.1 Å². The zero-order valence-electron chi connectivity index (χ0n) is 18.5. The smallest absolute Gasteiger partial charge is 0.244 e. The minimum absolute atomic E-state index is 0.121. The van der Waals surface area contributed by atoms with Crippen LogP contribution in [0.25, 0.3) is 11.4 Å². The third-order valence-corrected chi connectivity index (χ3v) is 7.25. The number of anilines is 1. The van der Waals surface area contributed by atoms with Gasteiger partial charge in [-0.2, -0.15) is 4.98 Å². The molecule has 0 saturated carbocycles. The summed E-state index contributed by atoms with van der Waals surface area (Å²) in [6.45, 7) is 2.05. The van der Waals surface area contributed by atoms with Crippen molar-refractivity contribution in [3.05, 3.63) is 48.4 Å². The number of nitrogens with one attached hydrogen (secondary N) is 2. The Labute approximate surface area is 196 Å². The van der Waals surface area contributed by atoms with Crippen LogP contribution < -0.4 is 19.5 Å². The summed E-state index contributed by atoms with van der Waals surface area (Å²) >= 11 is 0. The summed E-state index contributed by atoms with van der Waals surface area (Å²) in [6, 6.07) is 10.9.